The Balaban J connectivity index is 2.10. The summed E-state index contributed by atoms with van der Waals surface area (Å²) in [6.07, 6.45) is 0.584. The SMILES string of the molecule is CCOC(=O)[C@@H](C)C[C@H](Cc1ccc(-c2ccccc2)cc1)NC(=O)OC(C)(C)C. The lowest BCUT2D eigenvalue weighted by molar-refractivity contribution is -0.147. The van der Waals surface area contributed by atoms with Crippen molar-refractivity contribution in [3.05, 3.63) is 60.2 Å². The Labute approximate surface area is 179 Å². The molecule has 0 aliphatic rings. The topological polar surface area (TPSA) is 64.6 Å². The summed E-state index contributed by atoms with van der Waals surface area (Å²) in [6.45, 7) is 9.42. The van der Waals surface area contributed by atoms with Crippen molar-refractivity contribution in [3.63, 3.8) is 0 Å². The van der Waals surface area contributed by atoms with Gasteiger partial charge in [-0.25, -0.2) is 4.79 Å². The predicted octanol–water partition coefficient (Wildman–Crippen LogP) is 5.38. The molecular formula is C25H33NO4. The molecule has 0 aliphatic heterocycles. The highest BCUT2D eigenvalue weighted by Crippen LogP contribution is 2.21. The molecule has 0 aliphatic carbocycles. The Morgan fingerprint density at radius 2 is 1.57 bits per heavy atom. The maximum atomic E-state index is 12.3. The molecule has 2 atom stereocenters. The summed E-state index contributed by atoms with van der Waals surface area (Å²) in [7, 11) is 0. The largest absolute Gasteiger partial charge is 0.466 e. The van der Waals surface area contributed by atoms with Crippen molar-refractivity contribution >= 4 is 12.1 Å². The van der Waals surface area contributed by atoms with Crippen LogP contribution in [0.5, 0.6) is 0 Å². The van der Waals surface area contributed by atoms with Gasteiger partial charge in [0.05, 0.1) is 12.5 Å². The summed E-state index contributed by atoms with van der Waals surface area (Å²) in [5.41, 5.74) is 2.78. The standard InChI is InChI=1S/C25H33NO4/c1-6-29-23(27)18(2)16-22(26-24(28)30-25(3,4)5)17-19-12-14-21(15-13-19)20-10-8-7-9-11-20/h7-15,18,22H,6,16-17H2,1-5H3,(H,26,28)/t18-,22+/m0/s1. The maximum absolute atomic E-state index is 12.3. The van der Waals surface area contributed by atoms with Gasteiger partial charge in [-0.2, -0.15) is 0 Å². The molecule has 0 unspecified atom stereocenters. The van der Waals surface area contributed by atoms with Gasteiger partial charge in [0.1, 0.15) is 5.60 Å². The van der Waals surface area contributed by atoms with E-state index in [9.17, 15) is 9.59 Å². The fraction of sp³-hybridized carbons (Fsp3) is 0.440. The number of ether oxygens (including phenoxy) is 2. The highest BCUT2D eigenvalue weighted by molar-refractivity contribution is 5.72. The molecule has 0 saturated carbocycles. The molecule has 5 heteroatoms. The van der Waals surface area contributed by atoms with Gasteiger partial charge in [-0.3, -0.25) is 4.79 Å². The van der Waals surface area contributed by atoms with E-state index in [4.69, 9.17) is 9.47 Å². The molecule has 2 rings (SSSR count). The minimum Gasteiger partial charge on any atom is -0.466 e. The average Bonchev–Trinajstić information content (AvgIpc) is 2.68. The van der Waals surface area contributed by atoms with Crippen molar-refractivity contribution in [2.75, 3.05) is 6.61 Å². The van der Waals surface area contributed by atoms with Gasteiger partial charge in [0.15, 0.2) is 0 Å². The van der Waals surface area contributed by atoms with Gasteiger partial charge in [-0.1, -0.05) is 61.5 Å². The average molecular weight is 412 g/mol. The minimum atomic E-state index is -0.585. The summed E-state index contributed by atoms with van der Waals surface area (Å²) in [6, 6.07) is 18.2. The van der Waals surface area contributed by atoms with E-state index in [1.165, 1.54) is 0 Å². The van der Waals surface area contributed by atoms with E-state index < -0.39 is 11.7 Å². The van der Waals surface area contributed by atoms with Crippen LogP contribution in [0.3, 0.4) is 0 Å². The molecule has 0 aromatic heterocycles. The van der Waals surface area contributed by atoms with Crippen LogP contribution >= 0.6 is 0 Å². The Morgan fingerprint density at radius 3 is 2.13 bits per heavy atom. The fourth-order valence-corrected chi connectivity index (χ4v) is 3.22. The first-order valence-corrected chi connectivity index (χ1v) is 10.5. The fourth-order valence-electron chi connectivity index (χ4n) is 3.22. The van der Waals surface area contributed by atoms with Crippen LogP contribution in [0, 0.1) is 5.92 Å². The lowest BCUT2D eigenvalue weighted by Crippen LogP contribution is -2.41. The minimum absolute atomic E-state index is 0.248. The quantitative estimate of drug-likeness (QED) is 0.593. The molecule has 0 fully saturated rings. The van der Waals surface area contributed by atoms with E-state index >= 15 is 0 Å². The van der Waals surface area contributed by atoms with Crippen LogP contribution in [0.15, 0.2) is 54.6 Å². The van der Waals surface area contributed by atoms with Gasteiger partial charge >= 0.3 is 12.1 Å². The van der Waals surface area contributed by atoms with Gasteiger partial charge in [0.25, 0.3) is 0 Å². The van der Waals surface area contributed by atoms with E-state index in [-0.39, 0.29) is 17.9 Å². The molecule has 1 N–H and O–H groups in total. The Bertz CT molecular complexity index is 809. The number of rotatable bonds is 8. The van der Waals surface area contributed by atoms with Gasteiger partial charge < -0.3 is 14.8 Å². The van der Waals surface area contributed by atoms with Crippen LogP contribution < -0.4 is 5.32 Å². The third kappa shape index (κ3) is 7.90. The molecule has 0 heterocycles. The third-order valence-corrected chi connectivity index (χ3v) is 4.59. The van der Waals surface area contributed by atoms with Crippen LogP contribution in [-0.2, 0) is 20.7 Å². The second-order valence-electron chi connectivity index (χ2n) is 8.50. The summed E-state index contributed by atoms with van der Waals surface area (Å²) in [5.74, 6) is -0.582. The van der Waals surface area contributed by atoms with Gasteiger partial charge in [-0.15, -0.1) is 0 Å². The molecule has 0 spiro atoms. The molecule has 5 nitrogen and oxygen atoms in total. The number of carbonyl (C=O) groups is 2. The van der Waals surface area contributed by atoms with Crippen LogP contribution in [0.4, 0.5) is 4.79 Å². The van der Waals surface area contributed by atoms with E-state index in [1.807, 2.05) is 45.9 Å². The molecule has 30 heavy (non-hydrogen) atoms. The number of amides is 1. The molecule has 0 saturated heterocycles. The Hall–Kier alpha value is -2.82. The first kappa shape index (κ1) is 23.5. The van der Waals surface area contributed by atoms with Crippen molar-refractivity contribution in [1.82, 2.24) is 5.32 Å². The Morgan fingerprint density at radius 1 is 0.967 bits per heavy atom. The molecule has 2 aromatic rings. The molecular weight excluding hydrogens is 378 g/mol. The van der Waals surface area contributed by atoms with Crippen molar-refractivity contribution in [2.24, 2.45) is 5.92 Å². The van der Waals surface area contributed by atoms with Crippen molar-refractivity contribution in [2.45, 2.75) is 59.1 Å². The number of nitrogens with one attached hydrogen (secondary N) is 1. The van der Waals surface area contributed by atoms with Crippen LogP contribution in [0.25, 0.3) is 11.1 Å². The molecule has 2 aromatic carbocycles. The molecule has 0 bridgehead atoms. The van der Waals surface area contributed by atoms with Crippen molar-refractivity contribution in [1.29, 1.82) is 0 Å². The summed E-state index contributed by atoms with van der Waals surface area (Å²) in [5, 5.41) is 2.93. The number of hydrogen-bond acceptors (Lipinski definition) is 4. The van der Waals surface area contributed by atoms with Crippen LogP contribution in [-0.4, -0.2) is 30.3 Å². The first-order valence-electron chi connectivity index (χ1n) is 10.5. The number of benzene rings is 2. The highest BCUT2D eigenvalue weighted by Gasteiger charge is 2.24. The summed E-state index contributed by atoms with van der Waals surface area (Å²) < 4.78 is 10.5. The number of alkyl carbamates (subject to hydrolysis) is 1. The van der Waals surface area contributed by atoms with E-state index in [2.05, 4.69) is 41.7 Å². The monoisotopic (exact) mass is 411 g/mol. The van der Waals surface area contributed by atoms with E-state index in [0.29, 0.717) is 19.4 Å². The van der Waals surface area contributed by atoms with E-state index in [0.717, 1.165) is 16.7 Å². The zero-order chi connectivity index (χ0) is 22.1. The second kappa shape index (κ2) is 10.8. The Kier molecular flexibility index (Phi) is 8.46. The number of carbonyl (C=O) groups excluding carboxylic acids is 2. The van der Waals surface area contributed by atoms with Gasteiger partial charge in [0, 0.05) is 6.04 Å². The maximum Gasteiger partial charge on any atom is 0.407 e. The van der Waals surface area contributed by atoms with Crippen LogP contribution in [0.1, 0.15) is 46.6 Å². The summed E-state index contributed by atoms with van der Waals surface area (Å²) in [4.78, 5) is 24.4. The van der Waals surface area contributed by atoms with Gasteiger partial charge in [-0.05, 0) is 57.2 Å². The molecule has 0 radical (unpaired) electrons. The van der Waals surface area contributed by atoms with E-state index in [1.54, 1.807) is 6.92 Å². The number of hydrogen-bond donors (Lipinski definition) is 1. The predicted molar refractivity (Wildman–Crippen MR) is 119 cm³/mol. The zero-order valence-electron chi connectivity index (χ0n) is 18.6. The third-order valence-electron chi connectivity index (χ3n) is 4.59. The zero-order valence-corrected chi connectivity index (χ0v) is 18.6. The normalized spacial score (nSPS) is 13.2. The second-order valence-corrected chi connectivity index (χ2v) is 8.50. The van der Waals surface area contributed by atoms with Gasteiger partial charge in [0.2, 0.25) is 0 Å². The lowest BCUT2D eigenvalue weighted by atomic mass is 9.95. The molecule has 162 valence electrons. The molecule has 1 amide bonds. The highest BCUT2D eigenvalue weighted by atomic mass is 16.6. The first-order chi connectivity index (χ1) is 14.2. The lowest BCUT2D eigenvalue weighted by Gasteiger charge is -2.25. The van der Waals surface area contributed by atoms with Crippen LogP contribution in [0.2, 0.25) is 0 Å². The smallest absolute Gasteiger partial charge is 0.407 e. The van der Waals surface area contributed by atoms with Crippen molar-refractivity contribution < 1.29 is 19.1 Å². The van der Waals surface area contributed by atoms with Crippen molar-refractivity contribution in [3.8, 4) is 11.1 Å². The number of esters is 1. The summed E-state index contributed by atoms with van der Waals surface area (Å²) >= 11 is 0.